The Labute approximate surface area is 131 Å². The van der Waals surface area contributed by atoms with Gasteiger partial charge in [0, 0.05) is 5.75 Å². The molecule has 1 heterocycles. The Morgan fingerprint density at radius 3 is 2.86 bits per heavy atom. The molecule has 7 nitrogen and oxygen atoms in total. The lowest BCUT2D eigenvalue weighted by Gasteiger charge is -2.17. The SMILES string of the molecule is CCCSc1nc(Cl)c([N+](=O)[O-])c(NC2CCCC2O)n1. The average molecular weight is 333 g/mol. The Morgan fingerprint density at radius 1 is 1.52 bits per heavy atom. The van der Waals surface area contributed by atoms with Crippen molar-refractivity contribution in [2.45, 2.75) is 49.9 Å². The average Bonchev–Trinajstić information content (AvgIpc) is 2.81. The van der Waals surface area contributed by atoms with Crippen LogP contribution < -0.4 is 5.32 Å². The van der Waals surface area contributed by atoms with Gasteiger partial charge in [-0.1, -0.05) is 30.3 Å². The van der Waals surface area contributed by atoms with Crippen molar-refractivity contribution in [3.63, 3.8) is 0 Å². The van der Waals surface area contributed by atoms with E-state index in [4.69, 9.17) is 11.6 Å². The minimum absolute atomic E-state index is 0.0875. The predicted octanol–water partition coefficient (Wildman–Crippen LogP) is 2.87. The Balaban J connectivity index is 2.30. The number of aliphatic hydroxyl groups is 1. The van der Waals surface area contributed by atoms with Gasteiger partial charge in [0.1, 0.15) is 0 Å². The van der Waals surface area contributed by atoms with E-state index in [0.29, 0.717) is 11.6 Å². The van der Waals surface area contributed by atoms with Crippen LogP contribution in [0.2, 0.25) is 5.15 Å². The largest absolute Gasteiger partial charge is 0.391 e. The van der Waals surface area contributed by atoms with E-state index in [9.17, 15) is 15.2 Å². The number of thioether (sulfide) groups is 1. The van der Waals surface area contributed by atoms with Gasteiger partial charge >= 0.3 is 5.69 Å². The number of nitrogens with one attached hydrogen (secondary N) is 1. The van der Waals surface area contributed by atoms with E-state index in [0.717, 1.165) is 25.0 Å². The zero-order chi connectivity index (χ0) is 15.4. The zero-order valence-electron chi connectivity index (χ0n) is 11.6. The van der Waals surface area contributed by atoms with E-state index in [1.165, 1.54) is 11.8 Å². The van der Waals surface area contributed by atoms with Gasteiger partial charge in [-0.15, -0.1) is 0 Å². The molecular weight excluding hydrogens is 316 g/mol. The van der Waals surface area contributed by atoms with Gasteiger partial charge in [-0.2, -0.15) is 4.98 Å². The Bertz CT molecular complexity index is 531. The van der Waals surface area contributed by atoms with Crippen LogP contribution in [0.4, 0.5) is 11.5 Å². The number of nitrogens with zero attached hydrogens (tertiary/aromatic N) is 3. The summed E-state index contributed by atoms with van der Waals surface area (Å²) in [5.74, 6) is 0.893. The fraction of sp³-hybridized carbons (Fsp3) is 0.667. The lowest BCUT2D eigenvalue weighted by Crippen LogP contribution is -2.29. The fourth-order valence-electron chi connectivity index (χ4n) is 2.21. The van der Waals surface area contributed by atoms with E-state index >= 15 is 0 Å². The molecule has 1 fully saturated rings. The molecule has 0 aliphatic heterocycles. The molecule has 0 amide bonds. The highest BCUT2D eigenvalue weighted by Crippen LogP contribution is 2.34. The quantitative estimate of drug-likeness (QED) is 0.271. The van der Waals surface area contributed by atoms with Crippen LogP contribution in [-0.4, -0.2) is 37.9 Å². The van der Waals surface area contributed by atoms with Crippen LogP contribution in [0.25, 0.3) is 0 Å². The van der Waals surface area contributed by atoms with Crippen LogP contribution in [0.1, 0.15) is 32.6 Å². The minimum atomic E-state index is -0.597. The molecule has 2 N–H and O–H groups in total. The highest BCUT2D eigenvalue weighted by atomic mass is 35.5. The number of aliphatic hydroxyl groups excluding tert-OH is 1. The van der Waals surface area contributed by atoms with Gasteiger partial charge in [0.25, 0.3) is 0 Å². The number of halogens is 1. The Hall–Kier alpha value is -1.12. The van der Waals surface area contributed by atoms with Crippen LogP contribution in [0.15, 0.2) is 5.16 Å². The van der Waals surface area contributed by atoms with Crippen molar-refractivity contribution in [1.82, 2.24) is 9.97 Å². The highest BCUT2D eigenvalue weighted by molar-refractivity contribution is 7.99. The van der Waals surface area contributed by atoms with Gasteiger partial charge in [-0.3, -0.25) is 10.1 Å². The maximum atomic E-state index is 11.2. The van der Waals surface area contributed by atoms with E-state index in [1.54, 1.807) is 0 Å². The molecule has 0 spiro atoms. The van der Waals surface area contributed by atoms with Crippen molar-refractivity contribution in [2.24, 2.45) is 0 Å². The summed E-state index contributed by atoms with van der Waals surface area (Å²) in [7, 11) is 0. The Morgan fingerprint density at radius 2 is 2.29 bits per heavy atom. The second-order valence-electron chi connectivity index (χ2n) is 4.85. The predicted molar refractivity (Wildman–Crippen MR) is 82.0 cm³/mol. The third-order valence-corrected chi connectivity index (χ3v) is 4.56. The molecule has 1 saturated carbocycles. The number of aromatic nitrogens is 2. The lowest BCUT2D eigenvalue weighted by atomic mass is 10.2. The van der Waals surface area contributed by atoms with Gasteiger partial charge in [0.2, 0.25) is 11.0 Å². The highest BCUT2D eigenvalue weighted by Gasteiger charge is 2.30. The van der Waals surface area contributed by atoms with Crippen LogP contribution in [0.5, 0.6) is 0 Å². The number of hydrogen-bond donors (Lipinski definition) is 2. The summed E-state index contributed by atoms with van der Waals surface area (Å²) in [6.07, 6.45) is 2.72. The van der Waals surface area contributed by atoms with Gasteiger partial charge in [-0.05, 0) is 25.7 Å². The van der Waals surface area contributed by atoms with Crippen LogP contribution >= 0.6 is 23.4 Å². The molecule has 1 aliphatic rings. The molecule has 0 aromatic carbocycles. The molecule has 1 aromatic heterocycles. The molecule has 1 aromatic rings. The first-order chi connectivity index (χ1) is 10.0. The molecule has 21 heavy (non-hydrogen) atoms. The van der Waals surface area contributed by atoms with Crippen molar-refractivity contribution in [2.75, 3.05) is 11.1 Å². The molecule has 2 unspecified atom stereocenters. The summed E-state index contributed by atoms with van der Waals surface area (Å²) in [4.78, 5) is 18.7. The summed E-state index contributed by atoms with van der Waals surface area (Å²) >= 11 is 7.32. The minimum Gasteiger partial charge on any atom is -0.391 e. The second-order valence-corrected chi connectivity index (χ2v) is 6.27. The third-order valence-electron chi connectivity index (χ3n) is 3.24. The van der Waals surface area contributed by atoms with Gasteiger partial charge < -0.3 is 10.4 Å². The summed E-state index contributed by atoms with van der Waals surface area (Å²) in [5, 5.41) is 24.2. The maximum Gasteiger partial charge on any atom is 0.348 e. The smallest absolute Gasteiger partial charge is 0.348 e. The molecule has 0 bridgehead atoms. The van der Waals surface area contributed by atoms with E-state index in [-0.39, 0.29) is 22.7 Å². The summed E-state index contributed by atoms with van der Waals surface area (Å²) < 4.78 is 0. The van der Waals surface area contributed by atoms with E-state index in [2.05, 4.69) is 15.3 Å². The maximum absolute atomic E-state index is 11.2. The topological polar surface area (TPSA) is 101 Å². The molecule has 2 atom stereocenters. The number of nitro groups is 1. The molecule has 0 saturated heterocycles. The molecule has 0 radical (unpaired) electrons. The first-order valence-corrected chi connectivity index (χ1v) is 8.18. The van der Waals surface area contributed by atoms with Crippen LogP contribution in [0, 0.1) is 10.1 Å². The molecule has 2 rings (SSSR count). The van der Waals surface area contributed by atoms with Crippen molar-refractivity contribution in [3.8, 4) is 0 Å². The second kappa shape index (κ2) is 7.24. The lowest BCUT2D eigenvalue weighted by molar-refractivity contribution is -0.384. The fourth-order valence-corrected chi connectivity index (χ4v) is 3.20. The first-order valence-electron chi connectivity index (χ1n) is 6.82. The number of hydrogen-bond acceptors (Lipinski definition) is 7. The molecule has 1 aliphatic carbocycles. The zero-order valence-corrected chi connectivity index (χ0v) is 13.2. The summed E-state index contributed by atoms with van der Waals surface area (Å²) in [6, 6.07) is -0.237. The van der Waals surface area contributed by atoms with Crippen molar-refractivity contribution < 1.29 is 10.0 Å². The Kier molecular flexibility index (Phi) is 5.60. The van der Waals surface area contributed by atoms with E-state index in [1.807, 2.05) is 6.92 Å². The van der Waals surface area contributed by atoms with Gasteiger partial charge in [0.15, 0.2) is 5.16 Å². The van der Waals surface area contributed by atoms with Crippen LogP contribution in [0.3, 0.4) is 0 Å². The van der Waals surface area contributed by atoms with Crippen LogP contribution in [-0.2, 0) is 0 Å². The summed E-state index contributed by atoms with van der Waals surface area (Å²) in [6.45, 7) is 2.02. The van der Waals surface area contributed by atoms with Crippen molar-refractivity contribution >= 4 is 34.9 Å². The van der Waals surface area contributed by atoms with Gasteiger partial charge in [-0.25, -0.2) is 4.98 Å². The van der Waals surface area contributed by atoms with Gasteiger partial charge in [0.05, 0.1) is 17.1 Å². The van der Waals surface area contributed by atoms with E-state index < -0.39 is 11.0 Å². The number of rotatable bonds is 6. The van der Waals surface area contributed by atoms with Crippen molar-refractivity contribution in [1.29, 1.82) is 0 Å². The first kappa shape index (κ1) is 16.3. The molecule has 116 valence electrons. The molecule has 9 heteroatoms. The standard InChI is InChI=1S/C12H17ClN4O3S/c1-2-6-21-12-15-10(13)9(17(19)20)11(16-12)14-7-4-3-5-8(7)18/h7-8,18H,2-6H2,1H3,(H,14,15,16). The number of anilines is 1. The monoisotopic (exact) mass is 332 g/mol. The van der Waals surface area contributed by atoms with Crippen molar-refractivity contribution in [3.05, 3.63) is 15.3 Å². The molecular formula is C12H17ClN4O3S. The summed E-state index contributed by atoms with van der Waals surface area (Å²) in [5.41, 5.74) is -0.336. The third kappa shape index (κ3) is 3.96. The normalized spacial score (nSPS) is 21.5.